The summed E-state index contributed by atoms with van der Waals surface area (Å²) in [7, 11) is 0. The van der Waals surface area contributed by atoms with Gasteiger partial charge in [-0.2, -0.15) is 0 Å². The molecule has 2 heterocycles. The lowest BCUT2D eigenvalue weighted by atomic mass is 10.1. The van der Waals surface area contributed by atoms with Crippen molar-refractivity contribution in [3.63, 3.8) is 0 Å². The van der Waals surface area contributed by atoms with E-state index in [0.717, 1.165) is 25.3 Å². The summed E-state index contributed by atoms with van der Waals surface area (Å²) >= 11 is 0. The molecule has 3 N–H and O–H groups in total. The van der Waals surface area contributed by atoms with E-state index in [4.69, 9.17) is 0 Å². The predicted molar refractivity (Wildman–Crippen MR) is 73.1 cm³/mol. The quantitative estimate of drug-likeness (QED) is 0.739. The van der Waals surface area contributed by atoms with Crippen molar-refractivity contribution in [3.8, 4) is 0 Å². The van der Waals surface area contributed by atoms with Gasteiger partial charge in [-0.25, -0.2) is 4.98 Å². The number of aromatic amines is 1. The molecule has 100 valence electrons. The van der Waals surface area contributed by atoms with Gasteiger partial charge < -0.3 is 15.6 Å². The third-order valence-electron chi connectivity index (χ3n) is 3.27. The zero-order chi connectivity index (χ0) is 13.0. The molecule has 1 atom stereocenters. The van der Waals surface area contributed by atoms with Crippen LogP contribution in [0.25, 0.3) is 0 Å². The molecular formula is C13H22N4O. The molecule has 1 aliphatic rings. The van der Waals surface area contributed by atoms with Crippen molar-refractivity contribution in [2.24, 2.45) is 0 Å². The molecule has 18 heavy (non-hydrogen) atoms. The predicted octanol–water partition coefficient (Wildman–Crippen LogP) is 1.45. The van der Waals surface area contributed by atoms with Crippen molar-refractivity contribution >= 4 is 5.82 Å². The minimum atomic E-state index is -0.0878. The Morgan fingerprint density at radius 3 is 3.06 bits per heavy atom. The molecule has 5 heteroatoms. The average molecular weight is 250 g/mol. The SMILES string of the molecule is CC(C)c1nc(NCC[C@H]2CCCN2)cc(=O)[nH]1. The van der Waals surface area contributed by atoms with Crippen LogP contribution in [0.15, 0.2) is 10.9 Å². The third kappa shape index (κ3) is 3.57. The summed E-state index contributed by atoms with van der Waals surface area (Å²) in [5.41, 5.74) is -0.0878. The summed E-state index contributed by atoms with van der Waals surface area (Å²) in [4.78, 5) is 18.7. The van der Waals surface area contributed by atoms with Crippen LogP contribution in [0, 0.1) is 0 Å². The number of rotatable bonds is 5. The summed E-state index contributed by atoms with van der Waals surface area (Å²) in [6.07, 6.45) is 3.60. The fraction of sp³-hybridized carbons (Fsp3) is 0.692. The largest absolute Gasteiger partial charge is 0.370 e. The van der Waals surface area contributed by atoms with Crippen molar-refractivity contribution in [1.82, 2.24) is 15.3 Å². The first kappa shape index (κ1) is 13.1. The standard InChI is InChI=1S/C13H22N4O/c1-9(2)13-16-11(8-12(18)17-13)15-7-5-10-4-3-6-14-10/h8-10,14H,3-7H2,1-2H3,(H2,15,16,17,18)/t10-/m1/s1. The second-order valence-electron chi connectivity index (χ2n) is 5.18. The Kier molecular flexibility index (Phi) is 4.36. The molecule has 1 aromatic heterocycles. The van der Waals surface area contributed by atoms with Gasteiger partial charge in [0, 0.05) is 24.6 Å². The van der Waals surface area contributed by atoms with Gasteiger partial charge >= 0.3 is 0 Å². The number of anilines is 1. The summed E-state index contributed by atoms with van der Waals surface area (Å²) in [6.45, 7) is 6.02. The first-order valence-electron chi connectivity index (χ1n) is 6.73. The molecule has 0 amide bonds. The van der Waals surface area contributed by atoms with Crippen LogP contribution in [0.1, 0.15) is 44.9 Å². The minimum Gasteiger partial charge on any atom is -0.370 e. The van der Waals surface area contributed by atoms with Crippen molar-refractivity contribution < 1.29 is 0 Å². The zero-order valence-corrected chi connectivity index (χ0v) is 11.1. The van der Waals surface area contributed by atoms with Crippen LogP contribution in [0.5, 0.6) is 0 Å². The van der Waals surface area contributed by atoms with Crippen molar-refractivity contribution in [2.45, 2.75) is 45.1 Å². The number of aromatic nitrogens is 2. The van der Waals surface area contributed by atoms with Crippen LogP contribution < -0.4 is 16.2 Å². The second kappa shape index (κ2) is 6.00. The zero-order valence-electron chi connectivity index (χ0n) is 11.1. The molecule has 1 aromatic rings. The Balaban J connectivity index is 1.90. The molecule has 5 nitrogen and oxygen atoms in total. The molecule has 1 saturated heterocycles. The summed E-state index contributed by atoms with van der Waals surface area (Å²) in [5.74, 6) is 1.65. The Morgan fingerprint density at radius 2 is 2.39 bits per heavy atom. The molecule has 1 aliphatic heterocycles. The third-order valence-corrected chi connectivity index (χ3v) is 3.27. The molecule has 0 aromatic carbocycles. The minimum absolute atomic E-state index is 0.0878. The maximum Gasteiger partial charge on any atom is 0.252 e. The maximum atomic E-state index is 11.5. The van der Waals surface area contributed by atoms with Gasteiger partial charge in [0.15, 0.2) is 0 Å². The number of nitrogens with one attached hydrogen (secondary N) is 3. The molecule has 0 aliphatic carbocycles. The highest BCUT2D eigenvalue weighted by Gasteiger charge is 2.13. The normalized spacial score (nSPS) is 19.4. The van der Waals surface area contributed by atoms with Gasteiger partial charge in [-0.15, -0.1) is 0 Å². The van der Waals surface area contributed by atoms with Crippen LogP contribution in [-0.2, 0) is 0 Å². The van der Waals surface area contributed by atoms with E-state index in [2.05, 4.69) is 20.6 Å². The molecule has 0 bridgehead atoms. The van der Waals surface area contributed by atoms with E-state index in [-0.39, 0.29) is 11.5 Å². The molecule has 0 spiro atoms. The van der Waals surface area contributed by atoms with E-state index in [1.54, 1.807) is 0 Å². The smallest absolute Gasteiger partial charge is 0.252 e. The van der Waals surface area contributed by atoms with Gasteiger partial charge in [0.05, 0.1) is 0 Å². The number of H-pyrrole nitrogens is 1. The molecule has 0 unspecified atom stereocenters. The van der Waals surface area contributed by atoms with Crippen LogP contribution in [0.2, 0.25) is 0 Å². The summed E-state index contributed by atoms with van der Waals surface area (Å²) in [6, 6.07) is 2.14. The van der Waals surface area contributed by atoms with E-state index in [1.165, 1.54) is 18.9 Å². The molecule has 2 rings (SSSR count). The highest BCUT2D eigenvalue weighted by molar-refractivity contribution is 5.33. The van der Waals surface area contributed by atoms with E-state index < -0.39 is 0 Å². The van der Waals surface area contributed by atoms with Crippen molar-refractivity contribution in [1.29, 1.82) is 0 Å². The Labute approximate surface area is 107 Å². The first-order chi connectivity index (χ1) is 8.65. The van der Waals surface area contributed by atoms with Crippen LogP contribution in [-0.4, -0.2) is 29.1 Å². The maximum absolute atomic E-state index is 11.5. The Morgan fingerprint density at radius 1 is 1.56 bits per heavy atom. The lowest BCUT2D eigenvalue weighted by molar-refractivity contribution is 0.574. The van der Waals surface area contributed by atoms with E-state index >= 15 is 0 Å². The van der Waals surface area contributed by atoms with Gasteiger partial charge in [-0.05, 0) is 25.8 Å². The van der Waals surface area contributed by atoms with E-state index in [0.29, 0.717) is 11.9 Å². The first-order valence-corrected chi connectivity index (χ1v) is 6.73. The summed E-state index contributed by atoms with van der Waals surface area (Å²) < 4.78 is 0. The van der Waals surface area contributed by atoms with Crippen LogP contribution in [0.3, 0.4) is 0 Å². The molecule has 1 fully saturated rings. The monoisotopic (exact) mass is 250 g/mol. The topological polar surface area (TPSA) is 69.8 Å². The lowest BCUT2D eigenvalue weighted by Gasteiger charge is -2.12. The van der Waals surface area contributed by atoms with Crippen molar-refractivity contribution in [3.05, 3.63) is 22.2 Å². The van der Waals surface area contributed by atoms with E-state index in [1.807, 2.05) is 13.8 Å². The van der Waals surface area contributed by atoms with Gasteiger partial charge in [0.1, 0.15) is 11.6 Å². The fourth-order valence-corrected chi connectivity index (χ4v) is 2.22. The number of hydrogen-bond donors (Lipinski definition) is 3. The molecule has 0 radical (unpaired) electrons. The van der Waals surface area contributed by atoms with Crippen molar-refractivity contribution in [2.75, 3.05) is 18.4 Å². The van der Waals surface area contributed by atoms with E-state index in [9.17, 15) is 4.79 Å². The average Bonchev–Trinajstić information content (AvgIpc) is 2.81. The highest BCUT2D eigenvalue weighted by Crippen LogP contribution is 2.11. The fourth-order valence-electron chi connectivity index (χ4n) is 2.22. The summed E-state index contributed by atoms with van der Waals surface area (Å²) in [5, 5.41) is 6.69. The highest BCUT2D eigenvalue weighted by atomic mass is 16.1. The second-order valence-corrected chi connectivity index (χ2v) is 5.18. The molecule has 0 saturated carbocycles. The Hall–Kier alpha value is -1.36. The number of hydrogen-bond acceptors (Lipinski definition) is 4. The van der Waals surface area contributed by atoms with Crippen LogP contribution in [0.4, 0.5) is 5.82 Å². The van der Waals surface area contributed by atoms with Gasteiger partial charge in [0.2, 0.25) is 0 Å². The Bertz CT molecular complexity index is 435. The molecular weight excluding hydrogens is 228 g/mol. The lowest BCUT2D eigenvalue weighted by Crippen LogP contribution is -2.24. The van der Waals surface area contributed by atoms with Gasteiger partial charge in [0.25, 0.3) is 5.56 Å². The van der Waals surface area contributed by atoms with Gasteiger partial charge in [-0.1, -0.05) is 13.8 Å². The van der Waals surface area contributed by atoms with Crippen LogP contribution >= 0.6 is 0 Å². The van der Waals surface area contributed by atoms with Gasteiger partial charge in [-0.3, -0.25) is 4.79 Å². The number of nitrogens with zero attached hydrogens (tertiary/aromatic N) is 1.